The Morgan fingerprint density at radius 2 is 1.34 bits per heavy atom. The van der Waals surface area contributed by atoms with Crippen molar-refractivity contribution in [2.75, 3.05) is 0 Å². The molecular weight excluding hydrogens is 448 g/mol. The summed E-state index contributed by atoms with van der Waals surface area (Å²) in [6.07, 6.45) is -5.70. The highest BCUT2D eigenvalue weighted by Crippen LogP contribution is 2.61. The van der Waals surface area contributed by atoms with Gasteiger partial charge in [0, 0.05) is 11.1 Å². The Hall–Kier alpha value is -2.27. The minimum Gasteiger partial charge on any atom is -0.371 e. The van der Waals surface area contributed by atoms with Crippen LogP contribution in [0, 0.1) is 0 Å². The van der Waals surface area contributed by atoms with E-state index in [-0.39, 0.29) is 5.56 Å². The maximum absolute atomic E-state index is 14.3. The third-order valence-corrected chi connectivity index (χ3v) is 7.22. The SMILES string of the molecule is O=S(=O)(C(F)(F)F)[C@@]1(Cl)C(c2ccccc2)=NO[C@]1(c1ccccc1)C(F)(F)F. The fourth-order valence-electron chi connectivity index (χ4n) is 3.02. The molecule has 0 N–H and O–H groups in total. The maximum atomic E-state index is 14.3. The predicted molar refractivity (Wildman–Crippen MR) is 91.8 cm³/mol. The molecular formula is C17H10ClF6NO3S. The quantitative estimate of drug-likeness (QED) is 0.494. The molecule has 156 valence electrons. The van der Waals surface area contributed by atoms with Gasteiger partial charge in [-0.3, -0.25) is 0 Å². The first kappa shape index (κ1) is 21.4. The van der Waals surface area contributed by atoms with E-state index in [9.17, 15) is 34.8 Å². The smallest absolute Gasteiger partial charge is 0.371 e. The van der Waals surface area contributed by atoms with Crippen LogP contribution in [0.5, 0.6) is 0 Å². The average Bonchev–Trinajstić information content (AvgIpc) is 2.98. The van der Waals surface area contributed by atoms with Gasteiger partial charge in [-0.1, -0.05) is 77.4 Å². The Morgan fingerprint density at radius 3 is 1.79 bits per heavy atom. The monoisotopic (exact) mass is 457 g/mol. The highest BCUT2D eigenvalue weighted by Gasteiger charge is 2.84. The molecule has 1 aliphatic heterocycles. The Balaban J connectivity index is 2.45. The number of benzene rings is 2. The van der Waals surface area contributed by atoms with Crippen molar-refractivity contribution in [1.82, 2.24) is 0 Å². The fourth-order valence-corrected chi connectivity index (χ4v) is 5.05. The van der Waals surface area contributed by atoms with E-state index in [2.05, 4.69) is 9.99 Å². The van der Waals surface area contributed by atoms with Gasteiger partial charge in [-0.25, -0.2) is 8.42 Å². The normalized spacial score (nSPS) is 25.4. The molecule has 0 bridgehead atoms. The van der Waals surface area contributed by atoms with Crippen molar-refractivity contribution >= 4 is 27.1 Å². The van der Waals surface area contributed by atoms with Gasteiger partial charge in [-0.2, -0.15) is 26.3 Å². The lowest BCUT2D eigenvalue weighted by Crippen LogP contribution is -2.64. The molecule has 1 aliphatic rings. The summed E-state index contributed by atoms with van der Waals surface area (Å²) < 4.78 is 104. The molecule has 0 unspecified atom stereocenters. The van der Waals surface area contributed by atoms with Gasteiger partial charge >= 0.3 is 11.7 Å². The second-order valence-corrected chi connectivity index (χ2v) is 8.86. The summed E-state index contributed by atoms with van der Waals surface area (Å²) in [6, 6.07) is 11.1. The highest BCUT2D eigenvalue weighted by atomic mass is 35.5. The Labute approximate surface area is 165 Å². The Morgan fingerprint density at radius 1 is 0.862 bits per heavy atom. The zero-order valence-electron chi connectivity index (χ0n) is 14.0. The number of sulfone groups is 1. The van der Waals surface area contributed by atoms with E-state index >= 15 is 0 Å². The third-order valence-electron chi connectivity index (χ3n) is 4.33. The van der Waals surface area contributed by atoms with Crippen molar-refractivity contribution in [3.8, 4) is 0 Å². The van der Waals surface area contributed by atoms with Gasteiger partial charge in [0.1, 0.15) is 5.71 Å². The van der Waals surface area contributed by atoms with Crippen LogP contribution >= 0.6 is 11.6 Å². The van der Waals surface area contributed by atoms with E-state index in [0.29, 0.717) is 0 Å². The lowest BCUT2D eigenvalue weighted by molar-refractivity contribution is -0.278. The van der Waals surface area contributed by atoms with Crippen LogP contribution in [0.15, 0.2) is 65.8 Å². The number of halogens is 7. The summed E-state index contributed by atoms with van der Waals surface area (Å²) >= 11 is 5.91. The summed E-state index contributed by atoms with van der Waals surface area (Å²) in [6.45, 7) is 0. The van der Waals surface area contributed by atoms with Gasteiger partial charge in [0.05, 0.1) is 0 Å². The molecule has 2 atom stereocenters. The molecule has 2 aromatic rings. The van der Waals surface area contributed by atoms with Crippen LogP contribution in [0.3, 0.4) is 0 Å². The predicted octanol–water partition coefficient (Wildman–Crippen LogP) is 4.75. The van der Waals surface area contributed by atoms with Gasteiger partial charge in [-0.15, -0.1) is 0 Å². The summed E-state index contributed by atoms with van der Waals surface area (Å²) in [4.78, 5) is 4.51. The van der Waals surface area contributed by atoms with Crippen molar-refractivity contribution < 1.29 is 39.6 Å². The van der Waals surface area contributed by atoms with Crippen molar-refractivity contribution in [3.05, 3.63) is 71.8 Å². The minimum atomic E-state index is -6.72. The van der Waals surface area contributed by atoms with E-state index in [1.54, 1.807) is 0 Å². The van der Waals surface area contributed by atoms with Gasteiger partial charge < -0.3 is 4.84 Å². The number of rotatable bonds is 3. The van der Waals surface area contributed by atoms with Gasteiger partial charge in [0.2, 0.25) is 0 Å². The van der Waals surface area contributed by atoms with Crippen LogP contribution in [0.4, 0.5) is 26.3 Å². The summed E-state index contributed by atoms with van der Waals surface area (Å²) in [7, 11) is -6.72. The van der Waals surface area contributed by atoms with Gasteiger partial charge in [-0.05, 0) is 0 Å². The molecule has 12 heteroatoms. The highest BCUT2D eigenvalue weighted by molar-refractivity contribution is 7.96. The molecule has 4 nitrogen and oxygen atoms in total. The van der Waals surface area contributed by atoms with Crippen LogP contribution in [-0.4, -0.2) is 30.0 Å². The largest absolute Gasteiger partial charge is 0.499 e. The molecule has 0 spiro atoms. The molecule has 2 aromatic carbocycles. The lowest BCUT2D eigenvalue weighted by atomic mass is 9.85. The molecule has 0 aromatic heterocycles. The number of nitrogens with zero attached hydrogens (tertiary/aromatic N) is 1. The summed E-state index contributed by atoms with van der Waals surface area (Å²) in [5, 5.41) is 3.12. The van der Waals surface area contributed by atoms with Crippen LogP contribution in [-0.2, 0) is 20.3 Å². The van der Waals surface area contributed by atoms with E-state index in [1.165, 1.54) is 24.3 Å². The molecule has 0 aliphatic carbocycles. The van der Waals surface area contributed by atoms with E-state index in [0.717, 1.165) is 36.4 Å². The number of hydrogen-bond donors (Lipinski definition) is 0. The van der Waals surface area contributed by atoms with Crippen molar-refractivity contribution in [2.24, 2.45) is 5.16 Å². The topological polar surface area (TPSA) is 55.7 Å². The first-order valence-electron chi connectivity index (χ1n) is 7.75. The van der Waals surface area contributed by atoms with Crippen LogP contribution in [0.1, 0.15) is 11.1 Å². The zero-order chi connectivity index (χ0) is 21.7. The number of hydrogen-bond acceptors (Lipinski definition) is 4. The van der Waals surface area contributed by atoms with Crippen LogP contribution in [0.25, 0.3) is 0 Å². The minimum absolute atomic E-state index is 0.377. The molecule has 0 radical (unpaired) electrons. The van der Waals surface area contributed by atoms with Crippen molar-refractivity contribution in [1.29, 1.82) is 0 Å². The first-order valence-corrected chi connectivity index (χ1v) is 9.61. The van der Waals surface area contributed by atoms with E-state index in [4.69, 9.17) is 11.6 Å². The van der Waals surface area contributed by atoms with E-state index in [1.807, 2.05) is 0 Å². The molecule has 1 heterocycles. The Bertz CT molecular complexity index is 1040. The fraction of sp³-hybridized carbons (Fsp3) is 0.235. The van der Waals surface area contributed by atoms with Crippen LogP contribution in [0.2, 0.25) is 0 Å². The molecule has 0 amide bonds. The third kappa shape index (κ3) is 2.82. The average molecular weight is 458 g/mol. The molecule has 0 saturated heterocycles. The first-order chi connectivity index (χ1) is 13.3. The van der Waals surface area contributed by atoms with Crippen molar-refractivity contribution in [2.45, 2.75) is 21.5 Å². The van der Waals surface area contributed by atoms with E-state index < -0.39 is 42.6 Å². The zero-order valence-corrected chi connectivity index (χ0v) is 15.6. The lowest BCUT2D eigenvalue weighted by Gasteiger charge is -2.40. The number of oxime groups is 1. The number of alkyl halides is 7. The second-order valence-electron chi connectivity index (χ2n) is 5.99. The van der Waals surface area contributed by atoms with Gasteiger partial charge in [0.15, 0.2) is 0 Å². The molecule has 0 saturated carbocycles. The standard InChI is InChI=1S/C17H10ClF6NO3S/c18-15(29(26,27)17(22,23)24)13(11-7-3-1-4-8-11)25-28-14(15,16(19,20)21)12-9-5-2-6-10-12/h1-10H/t14-,15-/m0/s1. The van der Waals surface area contributed by atoms with Crippen molar-refractivity contribution in [3.63, 3.8) is 0 Å². The maximum Gasteiger partial charge on any atom is 0.499 e. The van der Waals surface area contributed by atoms with Crippen LogP contribution < -0.4 is 0 Å². The summed E-state index contributed by atoms with van der Waals surface area (Å²) in [5.41, 5.74) is -12.8. The molecule has 0 fully saturated rings. The second kappa shape index (κ2) is 6.63. The Kier molecular flexibility index (Phi) is 4.90. The summed E-state index contributed by atoms with van der Waals surface area (Å²) in [5.74, 6) is 0. The van der Waals surface area contributed by atoms with Gasteiger partial charge in [0.25, 0.3) is 19.6 Å². The molecule has 3 rings (SSSR count). The molecule has 29 heavy (non-hydrogen) atoms.